The van der Waals surface area contributed by atoms with Gasteiger partial charge in [0.15, 0.2) is 0 Å². The highest BCUT2D eigenvalue weighted by molar-refractivity contribution is 5.68. The van der Waals surface area contributed by atoms with Crippen LogP contribution in [0.15, 0.2) is 30.6 Å². The zero-order valence-corrected chi connectivity index (χ0v) is 17.2. The summed E-state index contributed by atoms with van der Waals surface area (Å²) in [6.45, 7) is 4.77. The first-order chi connectivity index (χ1) is 14.5. The second-order valence-electron chi connectivity index (χ2n) is 8.25. The number of anilines is 2. The minimum absolute atomic E-state index is 0.0162. The molecule has 2 fully saturated rings. The Hall–Kier alpha value is -3.07. The number of fused-ring (bicyclic) bond motifs is 1. The molecule has 1 atom stereocenters. The molecule has 0 radical (unpaired) electrons. The third kappa shape index (κ3) is 3.60. The van der Waals surface area contributed by atoms with Crippen LogP contribution >= 0.6 is 0 Å². The highest BCUT2D eigenvalue weighted by Gasteiger charge is 2.40. The molecule has 158 valence electrons. The molecule has 1 saturated carbocycles. The molecule has 0 spiro atoms. The molecule has 1 aromatic carbocycles. The fourth-order valence-corrected chi connectivity index (χ4v) is 3.92. The van der Waals surface area contributed by atoms with Gasteiger partial charge in [0.05, 0.1) is 24.5 Å². The molecule has 3 aliphatic rings. The summed E-state index contributed by atoms with van der Waals surface area (Å²) in [5, 5.41) is 0. The van der Waals surface area contributed by atoms with Gasteiger partial charge in [0.1, 0.15) is 23.5 Å². The molecule has 3 heterocycles. The van der Waals surface area contributed by atoms with Gasteiger partial charge in [-0.05, 0) is 38.0 Å². The lowest BCUT2D eigenvalue weighted by molar-refractivity contribution is 0.121. The maximum Gasteiger partial charge on any atom is 0.409 e. The van der Waals surface area contributed by atoms with Crippen LogP contribution in [0.1, 0.15) is 37.1 Å². The van der Waals surface area contributed by atoms with Crippen LogP contribution in [0.2, 0.25) is 0 Å². The number of methoxy groups -OCH3 is 1. The van der Waals surface area contributed by atoms with Crippen LogP contribution in [0.25, 0.3) is 0 Å². The van der Waals surface area contributed by atoms with Crippen molar-refractivity contribution in [2.24, 2.45) is 0 Å². The van der Waals surface area contributed by atoms with E-state index in [1.54, 1.807) is 11.2 Å². The summed E-state index contributed by atoms with van der Waals surface area (Å²) in [5.74, 6) is 1.75. The minimum Gasteiger partial charge on any atom is -0.488 e. The smallest absolute Gasteiger partial charge is 0.409 e. The van der Waals surface area contributed by atoms with Crippen molar-refractivity contribution in [2.75, 3.05) is 43.6 Å². The van der Waals surface area contributed by atoms with Gasteiger partial charge in [-0.2, -0.15) is 0 Å². The summed E-state index contributed by atoms with van der Waals surface area (Å²) < 4.78 is 11.0. The molecular weight excluding hydrogens is 384 g/mol. The Morgan fingerprint density at radius 2 is 1.97 bits per heavy atom. The average Bonchev–Trinajstić information content (AvgIpc) is 3.35. The maximum absolute atomic E-state index is 11.7. The third-order valence-corrected chi connectivity index (χ3v) is 6.01. The van der Waals surface area contributed by atoms with Gasteiger partial charge in [0, 0.05) is 37.8 Å². The molecule has 2 N–H and O–H groups in total. The number of rotatable bonds is 4. The molecule has 1 amide bonds. The van der Waals surface area contributed by atoms with Crippen molar-refractivity contribution in [1.82, 2.24) is 20.3 Å². The molecule has 0 bridgehead atoms. The molecule has 30 heavy (non-hydrogen) atoms. The Bertz CT molecular complexity index is 956. The van der Waals surface area contributed by atoms with Crippen molar-refractivity contribution in [3.63, 3.8) is 0 Å². The zero-order valence-electron chi connectivity index (χ0n) is 17.2. The van der Waals surface area contributed by atoms with E-state index in [9.17, 15) is 4.79 Å². The van der Waals surface area contributed by atoms with Gasteiger partial charge in [-0.3, -0.25) is 0 Å². The van der Waals surface area contributed by atoms with E-state index in [0.29, 0.717) is 26.2 Å². The first-order valence-electron chi connectivity index (χ1n) is 10.3. The van der Waals surface area contributed by atoms with E-state index in [1.165, 1.54) is 7.11 Å². The van der Waals surface area contributed by atoms with Gasteiger partial charge >= 0.3 is 6.09 Å². The Kier molecular flexibility index (Phi) is 4.62. The van der Waals surface area contributed by atoms with Crippen molar-refractivity contribution in [2.45, 2.75) is 31.4 Å². The van der Waals surface area contributed by atoms with Crippen LogP contribution in [0.5, 0.6) is 5.75 Å². The Labute approximate surface area is 175 Å². The summed E-state index contributed by atoms with van der Waals surface area (Å²) in [7, 11) is 1.41. The van der Waals surface area contributed by atoms with Crippen LogP contribution in [-0.4, -0.2) is 59.9 Å². The van der Waals surface area contributed by atoms with Gasteiger partial charge in [-0.1, -0.05) is 0 Å². The maximum atomic E-state index is 11.7. The van der Waals surface area contributed by atoms with E-state index < -0.39 is 0 Å². The number of nitrogens with zero attached hydrogens (tertiary/aromatic N) is 4. The Balaban J connectivity index is 1.33. The summed E-state index contributed by atoms with van der Waals surface area (Å²) in [6, 6.07) is 8.06. The van der Waals surface area contributed by atoms with Crippen LogP contribution in [0, 0.1) is 0 Å². The number of hydrogen-bond donors (Lipinski definition) is 2. The molecule has 0 unspecified atom stereocenters. The summed E-state index contributed by atoms with van der Waals surface area (Å²) in [5.41, 5.74) is 9.57. The number of nitrogens with one attached hydrogen (secondary N) is 2. The number of piperazine rings is 1. The lowest BCUT2D eigenvalue weighted by Crippen LogP contribution is -2.49. The van der Waals surface area contributed by atoms with Gasteiger partial charge in [0.2, 0.25) is 0 Å². The average molecular weight is 410 g/mol. The number of aromatic nitrogens is 2. The molecule has 2 aromatic rings. The van der Waals surface area contributed by atoms with Crippen molar-refractivity contribution < 1.29 is 14.3 Å². The number of hydrazine groups is 1. The Morgan fingerprint density at radius 3 is 2.70 bits per heavy atom. The predicted octanol–water partition coefficient (Wildman–Crippen LogP) is 2.32. The lowest BCUT2D eigenvalue weighted by atomic mass is 10.0. The molecule has 9 heteroatoms. The summed E-state index contributed by atoms with van der Waals surface area (Å²) >= 11 is 0. The summed E-state index contributed by atoms with van der Waals surface area (Å²) in [4.78, 5) is 24.6. The highest BCUT2D eigenvalue weighted by atomic mass is 16.5. The molecule has 1 saturated heterocycles. The van der Waals surface area contributed by atoms with E-state index in [1.807, 2.05) is 18.2 Å². The number of carbonyl (C=O) groups excluding carboxylic acids is 1. The fourth-order valence-electron chi connectivity index (χ4n) is 3.92. The zero-order chi connectivity index (χ0) is 20.7. The van der Waals surface area contributed by atoms with Crippen LogP contribution in [0.3, 0.4) is 0 Å². The molecular formula is C21H26N6O3. The fraction of sp³-hybridized carbons (Fsp3) is 0.476. The SMILES string of the molecule is COC(=O)N1CCN(c2cc([C@@H]3NNc4ccc(OC5(C)CC5)cc43)ncn2)CC1. The molecule has 5 rings (SSSR count). The van der Waals surface area contributed by atoms with E-state index in [2.05, 4.69) is 38.7 Å². The van der Waals surface area contributed by atoms with Crippen LogP contribution < -0.4 is 20.5 Å². The normalized spacial score (nSPS) is 21.6. The third-order valence-electron chi connectivity index (χ3n) is 6.01. The standard InChI is InChI=1S/C21H26N6O3/c1-21(5-6-21)30-14-3-4-16-15(11-14)19(25-24-16)17-12-18(23-13-22-17)26-7-9-27(10-8-26)20(28)29-2/h3-4,11-13,19,24-25H,5-10H2,1-2H3/t19-/m1/s1. The quantitative estimate of drug-likeness (QED) is 0.794. The number of carbonyl (C=O) groups is 1. The molecule has 1 aromatic heterocycles. The van der Waals surface area contributed by atoms with E-state index in [0.717, 1.165) is 41.4 Å². The molecule has 1 aliphatic carbocycles. The molecule has 9 nitrogen and oxygen atoms in total. The first kappa shape index (κ1) is 18.9. The number of amides is 1. The van der Waals surface area contributed by atoms with E-state index >= 15 is 0 Å². The molecule has 2 aliphatic heterocycles. The van der Waals surface area contributed by atoms with Crippen molar-refractivity contribution in [3.05, 3.63) is 41.9 Å². The number of benzene rings is 1. The number of hydrogen-bond acceptors (Lipinski definition) is 8. The van der Waals surface area contributed by atoms with Crippen molar-refractivity contribution in [3.8, 4) is 5.75 Å². The predicted molar refractivity (Wildman–Crippen MR) is 112 cm³/mol. The van der Waals surface area contributed by atoms with Gasteiger partial charge in [-0.15, -0.1) is 0 Å². The van der Waals surface area contributed by atoms with E-state index in [4.69, 9.17) is 9.47 Å². The van der Waals surface area contributed by atoms with Crippen LogP contribution in [-0.2, 0) is 4.74 Å². The lowest BCUT2D eigenvalue weighted by Gasteiger charge is -2.34. The first-order valence-corrected chi connectivity index (χ1v) is 10.3. The topological polar surface area (TPSA) is 91.9 Å². The van der Waals surface area contributed by atoms with Gasteiger partial charge in [0.25, 0.3) is 0 Å². The van der Waals surface area contributed by atoms with Gasteiger partial charge in [-0.25, -0.2) is 20.2 Å². The largest absolute Gasteiger partial charge is 0.488 e. The second-order valence-corrected chi connectivity index (χ2v) is 8.25. The second kappa shape index (κ2) is 7.32. The highest BCUT2D eigenvalue weighted by Crippen LogP contribution is 2.42. The monoisotopic (exact) mass is 410 g/mol. The van der Waals surface area contributed by atoms with Crippen molar-refractivity contribution >= 4 is 17.6 Å². The van der Waals surface area contributed by atoms with Crippen LogP contribution in [0.4, 0.5) is 16.3 Å². The number of ether oxygens (including phenoxy) is 2. The van der Waals surface area contributed by atoms with Crippen molar-refractivity contribution in [1.29, 1.82) is 0 Å². The van der Waals surface area contributed by atoms with E-state index in [-0.39, 0.29) is 17.7 Å². The summed E-state index contributed by atoms with van der Waals surface area (Å²) in [6.07, 6.45) is 3.52. The van der Waals surface area contributed by atoms with Gasteiger partial charge < -0.3 is 24.7 Å². The minimum atomic E-state index is -0.283. The Morgan fingerprint density at radius 1 is 1.17 bits per heavy atom.